The van der Waals surface area contributed by atoms with Gasteiger partial charge in [0.15, 0.2) is 0 Å². The molecule has 90 valence electrons. The SMILES string of the molecule is C=Cc1cc(Cl)cc(C(=O)N2CCOCC2)c1. The molecule has 0 unspecified atom stereocenters. The molecule has 1 aromatic carbocycles. The predicted molar refractivity (Wildman–Crippen MR) is 68.3 cm³/mol. The molecule has 0 aliphatic carbocycles. The number of morpholine rings is 1. The summed E-state index contributed by atoms with van der Waals surface area (Å²) >= 11 is 5.97. The molecule has 0 radical (unpaired) electrons. The van der Waals surface area contributed by atoms with Gasteiger partial charge in [-0.3, -0.25) is 4.79 Å². The van der Waals surface area contributed by atoms with Crippen LogP contribution >= 0.6 is 11.6 Å². The number of carbonyl (C=O) groups excluding carboxylic acids is 1. The van der Waals surface area contributed by atoms with E-state index in [1.54, 1.807) is 29.2 Å². The molecular formula is C13H14ClNO2. The van der Waals surface area contributed by atoms with E-state index in [-0.39, 0.29) is 5.91 Å². The topological polar surface area (TPSA) is 29.5 Å². The summed E-state index contributed by atoms with van der Waals surface area (Å²) in [6.07, 6.45) is 1.68. The van der Waals surface area contributed by atoms with E-state index < -0.39 is 0 Å². The third kappa shape index (κ3) is 2.87. The monoisotopic (exact) mass is 251 g/mol. The number of benzene rings is 1. The molecule has 1 heterocycles. The van der Waals surface area contributed by atoms with Gasteiger partial charge in [0, 0.05) is 23.7 Å². The van der Waals surface area contributed by atoms with Crippen molar-refractivity contribution in [2.45, 2.75) is 0 Å². The molecule has 0 atom stereocenters. The summed E-state index contributed by atoms with van der Waals surface area (Å²) in [7, 11) is 0. The molecule has 4 heteroatoms. The van der Waals surface area contributed by atoms with E-state index >= 15 is 0 Å². The molecule has 3 nitrogen and oxygen atoms in total. The van der Waals surface area contributed by atoms with E-state index in [4.69, 9.17) is 16.3 Å². The first kappa shape index (κ1) is 12.1. The lowest BCUT2D eigenvalue weighted by Crippen LogP contribution is -2.40. The zero-order valence-corrected chi connectivity index (χ0v) is 10.2. The van der Waals surface area contributed by atoms with Crippen LogP contribution in [0.3, 0.4) is 0 Å². The number of amides is 1. The van der Waals surface area contributed by atoms with Gasteiger partial charge in [-0.15, -0.1) is 0 Å². The van der Waals surface area contributed by atoms with E-state index in [0.29, 0.717) is 36.9 Å². The van der Waals surface area contributed by atoms with Gasteiger partial charge in [-0.2, -0.15) is 0 Å². The van der Waals surface area contributed by atoms with Gasteiger partial charge in [-0.05, 0) is 23.8 Å². The van der Waals surface area contributed by atoms with Crippen molar-refractivity contribution in [1.82, 2.24) is 4.90 Å². The molecule has 17 heavy (non-hydrogen) atoms. The third-order valence-electron chi connectivity index (χ3n) is 2.70. The Balaban J connectivity index is 2.23. The Kier molecular flexibility index (Phi) is 3.82. The highest BCUT2D eigenvalue weighted by atomic mass is 35.5. The van der Waals surface area contributed by atoms with Crippen molar-refractivity contribution >= 4 is 23.6 Å². The van der Waals surface area contributed by atoms with Crippen LogP contribution in [0.25, 0.3) is 6.08 Å². The Morgan fingerprint density at radius 1 is 1.35 bits per heavy atom. The fourth-order valence-electron chi connectivity index (χ4n) is 1.80. The Hall–Kier alpha value is -1.32. The maximum Gasteiger partial charge on any atom is 0.254 e. The minimum absolute atomic E-state index is 0.00102. The fraction of sp³-hybridized carbons (Fsp3) is 0.308. The number of carbonyl (C=O) groups is 1. The van der Waals surface area contributed by atoms with Crippen molar-refractivity contribution in [3.8, 4) is 0 Å². The van der Waals surface area contributed by atoms with Gasteiger partial charge >= 0.3 is 0 Å². The summed E-state index contributed by atoms with van der Waals surface area (Å²) < 4.78 is 5.22. The van der Waals surface area contributed by atoms with Crippen LogP contribution in [0.4, 0.5) is 0 Å². The summed E-state index contributed by atoms with van der Waals surface area (Å²) in [5.41, 5.74) is 1.46. The first-order chi connectivity index (χ1) is 8.20. The smallest absolute Gasteiger partial charge is 0.254 e. The summed E-state index contributed by atoms with van der Waals surface area (Å²) in [6, 6.07) is 5.27. The number of rotatable bonds is 2. The molecule has 0 saturated carbocycles. The van der Waals surface area contributed by atoms with Crippen molar-refractivity contribution in [2.75, 3.05) is 26.3 Å². The summed E-state index contributed by atoms with van der Waals surface area (Å²) in [6.45, 7) is 6.14. The second-order valence-electron chi connectivity index (χ2n) is 3.88. The van der Waals surface area contributed by atoms with Crippen molar-refractivity contribution in [3.05, 3.63) is 40.9 Å². The Morgan fingerprint density at radius 3 is 2.71 bits per heavy atom. The van der Waals surface area contributed by atoms with Crippen molar-refractivity contribution in [3.63, 3.8) is 0 Å². The van der Waals surface area contributed by atoms with Gasteiger partial charge < -0.3 is 9.64 Å². The average Bonchev–Trinajstić information content (AvgIpc) is 2.38. The van der Waals surface area contributed by atoms with Crippen molar-refractivity contribution < 1.29 is 9.53 Å². The van der Waals surface area contributed by atoms with Crippen molar-refractivity contribution in [1.29, 1.82) is 0 Å². The second kappa shape index (κ2) is 5.34. The largest absolute Gasteiger partial charge is 0.378 e. The van der Waals surface area contributed by atoms with Crippen LogP contribution in [0, 0.1) is 0 Å². The lowest BCUT2D eigenvalue weighted by Gasteiger charge is -2.27. The van der Waals surface area contributed by atoms with E-state index in [9.17, 15) is 4.79 Å². The molecule has 0 N–H and O–H groups in total. The number of hydrogen-bond donors (Lipinski definition) is 0. The molecule has 1 aliphatic rings. The minimum Gasteiger partial charge on any atom is -0.378 e. The van der Waals surface area contributed by atoms with E-state index in [0.717, 1.165) is 5.56 Å². The lowest BCUT2D eigenvalue weighted by atomic mass is 10.1. The summed E-state index contributed by atoms with van der Waals surface area (Å²) in [5, 5.41) is 0.555. The summed E-state index contributed by atoms with van der Waals surface area (Å²) in [4.78, 5) is 14.0. The quantitative estimate of drug-likeness (QED) is 0.808. The second-order valence-corrected chi connectivity index (χ2v) is 4.32. The number of nitrogens with zero attached hydrogens (tertiary/aromatic N) is 1. The normalized spacial score (nSPS) is 15.7. The van der Waals surface area contributed by atoms with Gasteiger partial charge in [-0.1, -0.05) is 24.3 Å². The first-order valence-electron chi connectivity index (χ1n) is 5.51. The first-order valence-corrected chi connectivity index (χ1v) is 5.88. The van der Waals surface area contributed by atoms with Crippen molar-refractivity contribution in [2.24, 2.45) is 0 Å². The highest BCUT2D eigenvalue weighted by Gasteiger charge is 2.18. The highest BCUT2D eigenvalue weighted by Crippen LogP contribution is 2.18. The van der Waals surface area contributed by atoms with Gasteiger partial charge in [0.05, 0.1) is 13.2 Å². The van der Waals surface area contributed by atoms with E-state index in [2.05, 4.69) is 6.58 Å². The van der Waals surface area contributed by atoms with Crippen LogP contribution in [-0.4, -0.2) is 37.1 Å². The third-order valence-corrected chi connectivity index (χ3v) is 2.92. The fourth-order valence-corrected chi connectivity index (χ4v) is 2.05. The molecule has 1 aromatic rings. The zero-order chi connectivity index (χ0) is 12.3. The maximum atomic E-state index is 12.2. The minimum atomic E-state index is -0.00102. The van der Waals surface area contributed by atoms with E-state index in [1.807, 2.05) is 0 Å². The van der Waals surface area contributed by atoms with Gasteiger partial charge in [0.1, 0.15) is 0 Å². The Labute approximate surface area is 106 Å². The zero-order valence-electron chi connectivity index (χ0n) is 9.49. The number of halogens is 1. The Morgan fingerprint density at radius 2 is 2.06 bits per heavy atom. The van der Waals surface area contributed by atoms with Crippen LogP contribution in [0.1, 0.15) is 15.9 Å². The molecule has 1 aliphatic heterocycles. The standard InChI is InChI=1S/C13H14ClNO2/c1-2-10-7-11(9-12(14)8-10)13(16)15-3-5-17-6-4-15/h2,7-9H,1,3-6H2. The molecule has 2 rings (SSSR count). The molecule has 0 aromatic heterocycles. The van der Waals surface area contributed by atoms with Crippen LogP contribution in [-0.2, 0) is 4.74 Å². The van der Waals surface area contributed by atoms with Crippen LogP contribution in [0.15, 0.2) is 24.8 Å². The van der Waals surface area contributed by atoms with Crippen LogP contribution in [0.2, 0.25) is 5.02 Å². The Bertz CT molecular complexity index is 439. The molecule has 0 spiro atoms. The number of ether oxygens (including phenoxy) is 1. The predicted octanol–water partition coefficient (Wildman–Crippen LogP) is 2.46. The average molecular weight is 252 g/mol. The van der Waals surface area contributed by atoms with E-state index in [1.165, 1.54) is 0 Å². The summed E-state index contributed by atoms with van der Waals surface area (Å²) in [5.74, 6) is -0.00102. The molecule has 1 saturated heterocycles. The van der Waals surface area contributed by atoms with Gasteiger partial charge in [-0.25, -0.2) is 0 Å². The molecule has 1 amide bonds. The molecular weight excluding hydrogens is 238 g/mol. The van der Waals surface area contributed by atoms with Crippen LogP contribution < -0.4 is 0 Å². The molecule has 1 fully saturated rings. The highest BCUT2D eigenvalue weighted by molar-refractivity contribution is 6.31. The lowest BCUT2D eigenvalue weighted by molar-refractivity contribution is 0.0303. The molecule has 0 bridgehead atoms. The van der Waals surface area contributed by atoms with Gasteiger partial charge in [0.2, 0.25) is 0 Å². The van der Waals surface area contributed by atoms with Crippen LogP contribution in [0.5, 0.6) is 0 Å². The maximum absolute atomic E-state index is 12.2. The number of hydrogen-bond acceptors (Lipinski definition) is 2. The van der Waals surface area contributed by atoms with Gasteiger partial charge in [0.25, 0.3) is 5.91 Å².